The second-order valence-corrected chi connectivity index (χ2v) is 6.76. The van der Waals surface area contributed by atoms with Gasteiger partial charge in [-0.25, -0.2) is 4.79 Å². The Balaban J connectivity index is 1.71. The molecule has 144 valence electrons. The molecule has 7 heteroatoms. The first-order valence-electron chi connectivity index (χ1n) is 9.57. The predicted octanol–water partition coefficient (Wildman–Crippen LogP) is 3.30. The van der Waals surface area contributed by atoms with Crippen molar-refractivity contribution in [2.24, 2.45) is 0 Å². The van der Waals surface area contributed by atoms with Crippen LogP contribution in [0.4, 0.5) is 10.5 Å². The average molecular weight is 369 g/mol. The van der Waals surface area contributed by atoms with Gasteiger partial charge in [-0.05, 0) is 38.8 Å². The van der Waals surface area contributed by atoms with E-state index in [1.807, 2.05) is 41.8 Å². The summed E-state index contributed by atoms with van der Waals surface area (Å²) in [5.74, 6) is -0.0306. The predicted molar refractivity (Wildman–Crippen MR) is 105 cm³/mol. The SMILES string of the molecule is CCN(CC)C(=O)N1CCC[C@@H](c2[nH]ncc2NC(=O)c2ccccc2)C1. The van der Waals surface area contributed by atoms with Gasteiger partial charge >= 0.3 is 6.03 Å². The molecule has 2 N–H and O–H groups in total. The second-order valence-electron chi connectivity index (χ2n) is 6.76. The lowest BCUT2D eigenvalue weighted by Crippen LogP contribution is -2.47. The van der Waals surface area contributed by atoms with E-state index in [2.05, 4.69) is 15.5 Å². The summed E-state index contributed by atoms with van der Waals surface area (Å²) in [5.41, 5.74) is 2.17. The number of nitrogens with zero attached hydrogens (tertiary/aromatic N) is 3. The molecule has 27 heavy (non-hydrogen) atoms. The van der Waals surface area contributed by atoms with Crippen molar-refractivity contribution in [1.82, 2.24) is 20.0 Å². The van der Waals surface area contributed by atoms with E-state index in [9.17, 15) is 9.59 Å². The molecule has 7 nitrogen and oxygen atoms in total. The Morgan fingerprint density at radius 3 is 2.70 bits per heavy atom. The van der Waals surface area contributed by atoms with E-state index in [-0.39, 0.29) is 17.9 Å². The number of aromatic amines is 1. The van der Waals surface area contributed by atoms with E-state index in [4.69, 9.17) is 0 Å². The summed E-state index contributed by atoms with van der Waals surface area (Å²) in [6, 6.07) is 9.19. The molecule has 0 aliphatic carbocycles. The highest BCUT2D eigenvalue weighted by molar-refractivity contribution is 6.04. The zero-order valence-corrected chi connectivity index (χ0v) is 15.9. The Morgan fingerprint density at radius 1 is 1.26 bits per heavy atom. The molecule has 0 bridgehead atoms. The van der Waals surface area contributed by atoms with Gasteiger partial charge in [-0.1, -0.05) is 18.2 Å². The number of hydrogen-bond acceptors (Lipinski definition) is 3. The van der Waals surface area contributed by atoms with Gasteiger partial charge in [0, 0.05) is 37.7 Å². The number of H-pyrrole nitrogens is 1. The van der Waals surface area contributed by atoms with Crippen molar-refractivity contribution >= 4 is 17.6 Å². The number of likely N-dealkylation sites (tertiary alicyclic amines) is 1. The Hall–Kier alpha value is -2.83. The highest BCUT2D eigenvalue weighted by atomic mass is 16.2. The van der Waals surface area contributed by atoms with Crippen molar-refractivity contribution in [2.75, 3.05) is 31.5 Å². The molecule has 0 unspecified atom stereocenters. The highest BCUT2D eigenvalue weighted by Crippen LogP contribution is 2.31. The summed E-state index contributed by atoms with van der Waals surface area (Å²) >= 11 is 0. The Labute approximate surface area is 159 Å². The number of carbonyl (C=O) groups excluding carboxylic acids is 2. The zero-order valence-electron chi connectivity index (χ0n) is 15.9. The molecular formula is C20H27N5O2. The van der Waals surface area contributed by atoms with Crippen molar-refractivity contribution in [1.29, 1.82) is 0 Å². The highest BCUT2D eigenvalue weighted by Gasteiger charge is 2.29. The molecular weight excluding hydrogens is 342 g/mol. The number of anilines is 1. The molecule has 2 aromatic rings. The second kappa shape index (κ2) is 8.70. The molecule has 1 fully saturated rings. The number of benzene rings is 1. The third-order valence-corrected chi connectivity index (χ3v) is 5.09. The Morgan fingerprint density at radius 2 is 2.00 bits per heavy atom. The first kappa shape index (κ1) is 18.9. The monoisotopic (exact) mass is 369 g/mol. The van der Waals surface area contributed by atoms with E-state index in [0.717, 1.165) is 25.1 Å². The van der Waals surface area contributed by atoms with E-state index in [1.54, 1.807) is 18.3 Å². The Kier molecular flexibility index (Phi) is 6.11. The smallest absolute Gasteiger partial charge is 0.319 e. The lowest BCUT2D eigenvalue weighted by molar-refractivity contribution is 0.102. The van der Waals surface area contributed by atoms with Crippen LogP contribution in [0.1, 0.15) is 48.7 Å². The zero-order chi connectivity index (χ0) is 19.2. The first-order chi connectivity index (χ1) is 13.1. The van der Waals surface area contributed by atoms with Crippen LogP contribution in [0.25, 0.3) is 0 Å². The molecule has 3 amide bonds. The number of amides is 3. The van der Waals surface area contributed by atoms with Crippen molar-refractivity contribution in [3.8, 4) is 0 Å². The molecule has 2 heterocycles. The standard InChI is InChI=1S/C20H27N5O2/c1-3-24(4-2)20(27)25-12-8-11-16(14-25)18-17(13-21-23-18)22-19(26)15-9-6-5-7-10-15/h5-7,9-10,13,16H,3-4,8,11-12,14H2,1-2H3,(H,21,23)(H,22,26)/t16-/m1/s1. The number of aromatic nitrogens is 2. The summed E-state index contributed by atoms with van der Waals surface area (Å²) in [6.45, 7) is 6.80. The molecule has 1 atom stereocenters. The third kappa shape index (κ3) is 4.30. The van der Waals surface area contributed by atoms with Gasteiger partial charge < -0.3 is 15.1 Å². The minimum Gasteiger partial charge on any atom is -0.325 e. The molecule has 1 aromatic heterocycles. The van der Waals surface area contributed by atoms with E-state index in [0.29, 0.717) is 30.9 Å². The Bertz CT molecular complexity index is 770. The van der Waals surface area contributed by atoms with Gasteiger partial charge in [0.1, 0.15) is 0 Å². The van der Waals surface area contributed by atoms with Gasteiger partial charge in [-0.15, -0.1) is 0 Å². The van der Waals surface area contributed by atoms with Gasteiger partial charge in [0.05, 0.1) is 17.6 Å². The molecule has 1 aliphatic rings. The molecule has 1 aliphatic heterocycles. The molecule has 0 radical (unpaired) electrons. The van der Waals surface area contributed by atoms with E-state index >= 15 is 0 Å². The number of rotatable bonds is 5. The van der Waals surface area contributed by atoms with Crippen molar-refractivity contribution in [3.63, 3.8) is 0 Å². The summed E-state index contributed by atoms with van der Waals surface area (Å²) in [7, 11) is 0. The van der Waals surface area contributed by atoms with Gasteiger partial charge in [-0.2, -0.15) is 5.10 Å². The summed E-state index contributed by atoms with van der Waals surface area (Å²) in [5, 5.41) is 10.1. The van der Waals surface area contributed by atoms with Crippen LogP contribution in [0.3, 0.4) is 0 Å². The normalized spacial score (nSPS) is 16.8. The molecule has 0 spiro atoms. The van der Waals surface area contributed by atoms with Crippen LogP contribution >= 0.6 is 0 Å². The van der Waals surface area contributed by atoms with Crippen LogP contribution in [-0.2, 0) is 0 Å². The summed E-state index contributed by atoms with van der Waals surface area (Å²) < 4.78 is 0. The van der Waals surface area contributed by atoms with Crippen LogP contribution in [0.15, 0.2) is 36.5 Å². The minimum absolute atomic E-state index is 0.0825. The fraction of sp³-hybridized carbons (Fsp3) is 0.450. The fourth-order valence-electron chi connectivity index (χ4n) is 3.57. The van der Waals surface area contributed by atoms with Crippen LogP contribution < -0.4 is 5.32 Å². The van der Waals surface area contributed by atoms with Crippen LogP contribution in [0, 0.1) is 0 Å². The fourth-order valence-corrected chi connectivity index (χ4v) is 3.57. The van der Waals surface area contributed by atoms with Gasteiger partial charge in [-0.3, -0.25) is 9.89 Å². The van der Waals surface area contributed by atoms with Gasteiger partial charge in [0.2, 0.25) is 0 Å². The minimum atomic E-state index is -0.162. The lowest BCUT2D eigenvalue weighted by atomic mass is 9.94. The van der Waals surface area contributed by atoms with Crippen molar-refractivity contribution in [2.45, 2.75) is 32.6 Å². The number of piperidine rings is 1. The maximum Gasteiger partial charge on any atom is 0.319 e. The number of hydrogen-bond donors (Lipinski definition) is 2. The molecule has 1 saturated heterocycles. The van der Waals surface area contributed by atoms with Crippen molar-refractivity contribution in [3.05, 3.63) is 47.8 Å². The van der Waals surface area contributed by atoms with Crippen molar-refractivity contribution < 1.29 is 9.59 Å². The summed E-state index contributed by atoms with van der Waals surface area (Å²) in [4.78, 5) is 28.9. The number of carbonyl (C=O) groups is 2. The number of urea groups is 1. The first-order valence-corrected chi connectivity index (χ1v) is 9.57. The molecule has 3 rings (SSSR count). The van der Waals surface area contributed by atoms with Gasteiger partial charge in [0.15, 0.2) is 0 Å². The maximum absolute atomic E-state index is 12.7. The average Bonchev–Trinajstić information content (AvgIpc) is 3.17. The topological polar surface area (TPSA) is 81.3 Å². The maximum atomic E-state index is 12.7. The lowest BCUT2D eigenvalue weighted by Gasteiger charge is -2.35. The molecule has 0 saturated carbocycles. The quantitative estimate of drug-likeness (QED) is 0.848. The summed E-state index contributed by atoms with van der Waals surface area (Å²) in [6.07, 6.45) is 3.53. The van der Waals surface area contributed by atoms with Crippen LogP contribution in [0.5, 0.6) is 0 Å². The largest absolute Gasteiger partial charge is 0.325 e. The van der Waals surface area contributed by atoms with E-state index in [1.165, 1.54) is 0 Å². The molecule has 1 aromatic carbocycles. The van der Waals surface area contributed by atoms with Gasteiger partial charge in [0.25, 0.3) is 5.91 Å². The van der Waals surface area contributed by atoms with E-state index < -0.39 is 0 Å². The van der Waals surface area contributed by atoms with Crippen LogP contribution in [0.2, 0.25) is 0 Å². The third-order valence-electron chi connectivity index (χ3n) is 5.09. The number of nitrogens with one attached hydrogen (secondary N) is 2. The van der Waals surface area contributed by atoms with Crippen LogP contribution in [-0.4, -0.2) is 58.1 Å².